The zero-order valence-electron chi connectivity index (χ0n) is 20.7. The minimum atomic E-state index is -0.410. The van der Waals surface area contributed by atoms with Gasteiger partial charge in [-0.15, -0.1) is 23.1 Å². The predicted molar refractivity (Wildman–Crippen MR) is 146 cm³/mol. The number of anilines is 2. The van der Waals surface area contributed by atoms with Crippen LogP contribution in [0, 0.1) is 0 Å². The largest absolute Gasteiger partial charge is 0.497 e. The van der Waals surface area contributed by atoms with Crippen molar-refractivity contribution < 1.29 is 23.9 Å². The lowest BCUT2D eigenvalue weighted by molar-refractivity contribution is -0.121. The summed E-state index contributed by atoms with van der Waals surface area (Å²) in [4.78, 5) is 43.0. The molecular formula is C28H28N2O5S2. The molecule has 0 radical (unpaired) electrons. The highest BCUT2D eigenvalue weighted by Crippen LogP contribution is 2.46. The van der Waals surface area contributed by atoms with Crippen molar-refractivity contribution in [2.45, 2.75) is 42.8 Å². The van der Waals surface area contributed by atoms with Crippen LogP contribution in [0.3, 0.4) is 0 Å². The van der Waals surface area contributed by atoms with Crippen LogP contribution in [0.4, 0.5) is 10.7 Å². The fourth-order valence-electron chi connectivity index (χ4n) is 4.78. The molecular weight excluding hydrogens is 508 g/mol. The Hall–Kier alpha value is -3.30. The molecule has 1 aromatic heterocycles. The molecule has 1 aliphatic heterocycles. The van der Waals surface area contributed by atoms with Crippen LogP contribution in [0.15, 0.2) is 53.4 Å². The fourth-order valence-corrected chi connectivity index (χ4v) is 7.35. The molecule has 2 amide bonds. The fraction of sp³-hybridized carbons (Fsp3) is 0.321. The molecule has 1 unspecified atom stereocenters. The van der Waals surface area contributed by atoms with Crippen molar-refractivity contribution >= 4 is 51.6 Å². The lowest BCUT2D eigenvalue weighted by Crippen LogP contribution is -2.38. The minimum absolute atomic E-state index is 0.0942. The van der Waals surface area contributed by atoms with Gasteiger partial charge in [-0.1, -0.05) is 24.3 Å². The van der Waals surface area contributed by atoms with Crippen molar-refractivity contribution in [1.29, 1.82) is 0 Å². The molecule has 2 aromatic carbocycles. The summed E-state index contributed by atoms with van der Waals surface area (Å²) < 4.78 is 10.5. The number of benzene rings is 2. The number of aryl methyl sites for hydroxylation is 1. The number of hydrogen-bond donors (Lipinski definition) is 1. The number of fused-ring (bicyclic) bond motifs is 2. The molecule has 7 nitrogen and oxygen atoms in total. The summed E-state index contributed by atoms with van der Waals surface area (Å²) >= 11 is 3.05. The zero-order valence-corrected chi connectivity index (χ0v) is 22.4. The van der Waals surface area contributed by atoms with Gasteiger partial charge in [0.05, 0.1) is 25.0 Å². The van der Waals surface area contributed by atoms with Crippen LogP contribution in [-0.2, 0) is 27.2 Å². The van der Waals surface area contributed by atoms with E-state index in [9.17, 15) is 14.4 Å². The Morgan fingerprint density at radius 2 is 1.89 bits per heavy atom. The van der Waals surface area contributed by atoms with Crippen LogP contribution in [0.1, 0.15) is 51.4 Å². The SMILES string of the molecule is CCOC(=O)c1c(NC(=O)CN2C(=O)CC(c3ccc(OC)cc3)Sc3ccccc32)sc2c1CCC2. The maximum absolute atomic E-state index is 13.5. The lowest BCUT2D eigenvalue weighted by atomic mass is 10.1. The topological polar surface area (TPSA) is 84.9 Å². The summed E-state index contributed by atoms with van der Waals surface area (Å²) in [5, 5.41) is 3.33. The number of carbonyl (C=O) groups is 3. The predicted octanol–water partition coefficient (Wildman–Crippen LogP) is 5.63. The number of ether oxygens (including phenoxy) is 2. The molecule has 0 fully saturated rings. The Morgan fingerprint density at radius 3 is 2.65 bits per heavy atom. The van der Waals surface area contributed by atoms with Gasteiger partial charge in [0.1, 0.15) is 17.3 Å². The lowest BCUT2D eigenvalue weighted by Gasteiger charge is -2.22. The van der Waals surface area contributed by atoms with E-state index in [1.165, 1.54) is 11.3 Å². The number of nitrogens with one attached hydrogen (secondary N) is 1. The first-order valence-corrected chi connectivity index (χ1v) is 14.0. The summed E-state index contributed by atoms with van der Waals surface area (Å²) in [5.74, 6) is -0.129. The van der Waals surface area contributed by atoms with Crippen LogP contribution in [0.2, 0.25) is 0 Å². The van der Waals surface area contributed by atoms with Crippen molar-refractivity contribution in [2.75, 3.05) is 30.5 Å². The molecule has 3 aromatic rings. The maximum Gasteiger partial charge on any atom is 0.341 e. The van der Waals surface area contributed by atoms with Crippen molar-refractivity contribution in [3.8, 4) is 5.75 Å². The molecule has 192 valence electrons. The highest BCUT2D eigenvalue weighted by molar-refractivity contribution is 7.99. The van der Waals surface area contributed by atoms with Gasteiger partial charge in [-0.25, -0.2) is 4.79 Å². The zero-order chi connectivity index (χ0) is 25.9. The Bertz CT molecular complexity index is 1330. The van der Waals surface area contributed by atoms with Gasteiger partial charge in [-0.2, -0.15) is 0 Å². The van der Waals surface area contributed by atoms with E-state index in [1.54, 1.807) is 30.7 Å². The van der Waals surface area contributed by atoms with Crippen molar-refractivity contribution in [3.05, 3.63) is 70.1 Å². The van der Waals surface area contributed by atoms with E-state index in [2.05, 4.69) is 5.32 Å². The van der Waals surface area contributed by atoms with Crippen LogP contribution in [0.25, 0.3) is 0 Å². The van der Waals surface area contributed by atoms with Crippen LogP contribution in [0.5, 0.6) is 5.75 Å². The molecule has 0 saturated heterocycles. The number of rotatable bonds is 7. The van der Waals surface area contributed by atoms with Crippen LogP contribution < -0.4 is 15.0 Å². The molecule has 0 saturated carbocycles. The number of thiophene rings is 1. The number of methoxy groups -OCH3 is 1. The van der Waals surface area contributed by atoms with E-state index in [0.717, 1.165) is 45.9 Å². The smallest absolute Gasteiger partial charge is 0.341 e. The van der Waals surface area contributed by atoms with E-state index in [4.69, 9.17) is 9.47 Å². The summed E-state index contributed by atoms with van der Waals surface area (Å²) in [7, 11) is 1.62. The average Bonchev–Trinajstić information content (AvgIpc) is 3.44. The van der Waals surface area contributed by atoms with Crippen LogP contribution >= 0.6 is 23.1 Å². The van der Waals surface area contributed by atoms with Crippen LogP contribution in [-0.4, -0.2) is 38.0 Å². The van der Waals surface area contributed by atoms with Gasteiger partial charge in [-0.3, -0.25) is 9.59 Å². The molecule has 9 heteroatoms. The van der Waals surface area contributed by atoms with Gasteiger partial charge < -0.3 is 19.7 Å². The molecule has 0 spiro atoms. The second-order valence-electron chi connectivity index (χ2n) is 8.86. The first-order chi connectivity index (χ1) is 18.0. The van der Waals surface area contributed by atoms with Crippen molar-refractivity contribution in [1.82, 2.24) is 0 Å². The van der Waals surface area contributed by atoms with Gasteiger partial charge in [0.15, 0.2) is 0 Å². The third kappa shape index (κ3) is 5.24. The second-order valence-corrected chi connectivity index (χ2v) is 11.2. The molecule has 2 heterocycles. The highest BCUT2D eigenvalue weighted by atomic mass is 32.2. The number of nitrogens with zero attached hydrogens (tertiary/aromatic N) is 1. The van der Waals surface area contributed by atoms with Gasteiger partial charge in [0.2, 0.25) is 11.8 Å². The summed E-state index contributed by atoms with van der Waals surface area (Å²) in [5.41, 5.74) is 3.18. The molecule has 1 N–H and O–H groups in total. The maximum atomic E-state index is 13.5. The molecule has 2 aliphatic rings. The minimum Gasteiger partial charge on any atom is -0.497 e. The standard InChI is InChI=1S/C28H28N2O5S2/c1-3-35-28(33)26-19-7-6-10-21(19)37-27(26)29-24(31)16-30-20-8-4-5-9-22(20)36-23(15-25(30)32)17-11-13-18(34-2)14-12-17/h4-5,8-9,11-14,23H,3,6-7,10,15-16H2,1-2H3,(H,29,31). The molecule has 5 rings (SSSR count). The third-order valence-electron chi connectivity index (χ3n) is 6.53. The summed E-state index contributed by atoms with van der Waals surface area (Å²) in [6, 6.07) is 15.4. The van der Waals surface area contributed by atoms with Crippen molar-refractivity contribution in [2.24, 2.45) is 0 Å². The van der Waals surface area contributed by atoms with E-state index in [-0.39, 0.29) is 36.6 Å². The third-order valence-corrected chi connectivity index (χ3v) is 9.06. The second kappa shape index (κ2) is 11.0. The number of thioether (sulfide) groups is 1. The normalized spacial score (nSPS) is 16.5. The van der Waals surface area contributed by atoms with Gasteiger partial charge in [-0.05, 0) is 61.6 Å². The quantitative estimate of drug-likeness (QED) is 0.394. The first kappa shape index (κ1) is 25.4. The number of para-hydroxylation sites is 1. The van der Waals surface area contributed by atoms with Gasteiger partial charge >= 0.3 is 5.97 Å². The monoisotopic (exact) mass is 536 g/mol. The first-order valence-electron chi connectivity index (χ1n) is 12.3. The Kier molecular flexibility index (Phi) is 7.53. The Morgan fingerprint density at radius 1 is 1.11 bits per heavy atom. The van der Waals surface area contributed by atoms with Crippen molar-refractivity contribution in [3.63, 3.8) is 0 Å². The summed E-state index contributed by atoms with van der Waals surface area (Å²) in [6.07, 6.45) is 2.94. The van der Waals surface area contributed by atoms with E-state index in [1.807, 2.05) is 48.5 Å². The number of amides is 2. The van der Waals surface area contributed by atoms with E-state index >= 15 is 0 Å². The van der Waals surface area contributed by atoms with E-state index in [0.29, 0.717) is 16.3 Å². The Labute approximate surface area is 224 Å². The molecule has 1 aliphatic carbocycles. The number of esters is 1. The number of carbonyl (C=O) groups excluding carboxylic acids is 3. The molecule has 37 heavy (non-hydrogen) atoms. The molecule has 0 bridgehead atoms. The Balaban J connectivity index is 1.38. The van der Waals surface area contributed by atoms with E-state index < -0.39 is 5.97 Å². The average molecular weight is 537 g/mol. The van der Waals surface area contributed by atoms with Gasteiger partial charge in [0.25, 0.3) is 0 Å². The number of hydrogen-bond acceptors (Lipinski definition) is 7. The highest BCUT2D eigenvalue weighted by Gasteiger charge is 2.32. The van der Waals surface area contributed by atoms with Gasteiger partial charge in [0, 0.05) is 21.4 Å². The summed E-state index contributed by atoms with van der Waals surface area (Å²) in [6.45, 7) is 1.89. The molecule has 1 atom stereocenters.